The highest BCUT2D eigenvalue weighted by Crippen LogP contribution is 1.97. The molecule has 0 bridgehead atoms. The Labute approximate surface area is 94.0 Å². The highest BCUT2D eigenvalue weighted by atomic mass is 16.2. The van der Waals surface area contributed by atoms with Gasteiger partial charge in [-0.1, -0.05) is 0 Å². The quantitative estimate of drug-likeness (QED) is 0.732. The fourth-order valence-electron chi connectivity index (χ4n) is 1.23. The minimum Gasteiger partial charge on any atom is -0.356 e. The van der Waals surface area contributed by atoms with Crippen LogP contribution in [-0.4, -0.2) is 40.3 Å². The molecule has 6 heteroatoms. The first kappa shape index (κ1) is 12.2. The fourth-order valence-corrected chi connectivity index (χ4v) is 1.23. The lowest BCUT2D eigenvalue weighted by atomic mass is 10.3. The predicted octanol–water partition coefficient (Wildman–Crippen LogP) is -0.106. The molecule has 1 aromatic heterocycles. The van der Waals surface area contributed by atoms with Crippen LogP contribution >= 0.6 is 0 Å². The minimum atomic E-state index is -0.124. The van der Waals surface area contributed by atoms with Gasteiger partial charge < -0.3 is 15.2 Å². The van der Waals surface area contributed by atoms with Crippen molar-refractivity contribution < 1.29 is 9.59 Å². The Morgan fingerprint density at radius 2 is 2.31 bits per heavy atom. The second kappa shape index (κ2) is 5.89. The van der Waals surface area contributed by atoms with E-state index in [4.69, 9.17) is 0 Å². The van der Waals surface area contributed by atoms with Crippen molar-refractivity contribution in [3.05, 3.63) is 18.2 Å². The Morgan fingerprint density at radius 1 is 1.56 bits per heavy atom. The topological polar surface area (TPSA) is 78.1 Å². The van der Waals surface area contributed by atoms with E-state index in [0.717, 1.165) is 5.82 Å². The molecule has 88 valence electrons. The molecule has 0 spiro atoms. The second-order valence-electron chi connectivity index (χ2n) is 3.52. The van der Waals surface area contributed by atoms with Crippen LogP contribution in [0.4, 0.5) is 0 Å². The van der Waals surface area contributed by atoms with Crippen molar-refractivity contribution in [2.75, 3.05) is 13.6 Å². The number of carbonyl (C=O) groups is 2. The maximum Gasteiger partial charge on any atom is 0.224 e. The lowest BCUT2D eigenvalue weighted by Gasteiger charge is -2.15. The van der Waals surface area contributed by atoms with Gasteiger partial charge in [-0.15, -0.1) is 0 Å². The van der Waals surface area contributed by atoms with Gasteiger partial charge in [0.05, 0.1) is 6.54 Å². The third-order valence-corrected chi connectivity index (χ3v) is 2.08. The van der Waals surface area contributed by atoms with E-state index in [1.165, 1.54) is 6.92 Å². The Kier molecular flexibility index (Phi) is 4.50. The molecule has 1 aromatic rings. The van der Waals surface area contributed by atoms with Crippen LogP contribution in [0.3, 0.4) is 0 Å². The summed E-state index contributed by atoms with van der Waals surface area (Å²) in [7, 11) is 1.71. The van der Waals surface area contributed by atoms with Crippen molar-refractivity contribution in [3.63, 3.8) is 0 Å². The van der Waals surface area contributed by atoms with Crippen LogP contribution in [0.5, 0.6) is 0 Å². The van der Waals surface area contributed by atoms with Crippen LogP contribution in [0.25, 0.3) is 0 Å². The van der Waals surface area contributed by atoms with E-state index in [2.05, 4.69) is 15.3 Å². The maximum absolute atomic E-state index is 11.6. The van der Waals surface area contributed by atoms with Crippen LogP contribution < -0.4 is 5.32 Å². The smallest absolute Gasteiger partial charge is 0.224 e. The molecule has 0 aliphatic carbocycles. The molecule has 1 rings (SSSR count). The zero-order valence-electron chi connectivity index (χ0n) is 9.49. The fraction of sp³-hybridized carbons (Fsp3) is 0.500. The van der Waals surface area contributed by atoms with Gasteiger partial charge in [-0.3, -0.25) is 9.59 Å². The molecule has 0 aliphatic heterocycles. The number of hydrogen-bond donors (Lipinski definition) is 2. The average Bonchev–Trinajstić information content (AvgIpc) is 2.69. The van der Waals surface area contributed by atoms with Gasteiger partial charge >= 0.3 is 0 Å². The molecule has 0 aliphatic rings. The Morgan fingerprint density at radius 3 is 2.88 bits per heavy atom. The molecule has 0 atom stereocenters. The molecule has 2 amide bonds. The van der Waals surface area contributed by atoms with Crippen LogP contribution in [0.1, 0.15) is 19.2 Å². The zero-order chi connectivity index (χ0) is 12.0. The van der Waals surface area contributed by atoms with Gasteiger partial charge in [-0.05, 0) is 0 Å². The summed E-state index contributed by atoms with van der Waals surface area (Å²) in [6.07, 6.45) is 3.66. The monoisotopic (exact) mass is 224 g/mol. The predicted molar refractivity (Wildman–Crippen MR) is 58.4 cm³/mol. The van der Waals surface area contributed by atoms with Gasteiger partial charge in [-0.2, -0.15) is 0 Å². The normalized spacial score (nSPS) is 9.88. The van der Waals surface area contributed by atoms with Crippen LogP contribution in [0, 0.1) is 0 Å². The number of imidazole rings is 1. The molecule has 16 heavy (non-hydrogen) atoms. The summed E-state index contributed by atoms with van der Waals surface area (Å²) >= 11 is 0. The van der Waals surface area contributed by atoms with Crippen molar-refractivity contribution in [1.82, 2.24) is 20.2 Å². The number of carbonyl (C=O) groups excluding carboxylic acids is 2. The largest absolute Gasteiger partial charge is 0.356 e. The van der Waals surface area contributed by atoms with E-state index in [0.29, 0.717) is 19.5 Å². The highest BCUT2D eigenvalue weighted by Gasteiger charge is 2.09. The third-order valence-electron chi connectivity index (χ3n) is 2.08. The summed E-state index contributed by atoms with van der Waals surface area (Å²) in [6.45, 7) is 2.25. The molecule has 6 nitrogen and oxygen atoms in total. The molecule has 2 N–H and O–H groups in total. The van der Waals surface area contributed by atoms with Crippen LogP contribution in [0.2, 0.25) is 0 Å². The lowest BCUT2D eigenvalue weighted by Crippen LogP contribution is -2.31. The number of hydrogen-bond acceptors (Lipinski definition) is 3. The molecular formula is C10H16N4O2. The van der Waals surface area contributed by atoms with Crippen molar-refractivity contribution in [3.8, 4) is 0 Å². The molecule has 0 unspecified atom stereocenters. The van der Waals surface area contributed by atoms with Gasteiger partial charge in [0.1, 0.15) is 5.82 Å². The van der Waals surface area contributed by atoms with E-state index in [9.17, 15) is 9.59 Å². The van der Waals surface area contributed by atoms with Crippen LogP contribution in [-0.2, 0) is 16.1 Å². The summed E-state index contributed by atoms with van der Waals surface area (Å²) in [5.74, 6) is 0.599. The van der Waals surface area contributed by atoms with E-state index in [1.54, 1.807) is 24.3 Å². The van der Waals surface area contributed by atoms with Gasteiger partial charge in [0.2, 0.25) is 11.8 Å². The van der Waals surface area contributed by atoms with Crippen molar-refractivity contribution >= 4 is 11.8 Å². The van der Waals surface area contributed by atoms with Gasteiger partial charge in [0.25, 0.3) is 0 Å². The standard InChI is InChI=1S/C10H16N4O2/c1-8(15)11-4-3-10(16)14(2)7-9-12-5-6-13-9/h5-6H,3-4,7H2,1-2H3,(H,11,15)(H,12,13). The van der Waals surface area contributed by atoms with Gasteiger partial charge in [0.15, 0.2) is 0 Å². The van der Waals surface area contributed by atoms with E-state index in [1.807, 2.05) is 0 Å². The average molecular weight is 224 g/mol. The molecular weight excluding hydrogens is 208 g/mol. The number of nitrogens with zero attached hydrogens (tertiary/aromatic N) is 2. The number of aromatic amines is 1. The summed E-state index contributed by atoms with van der Waals surface area (Å²) in [6, 6.07) is 0. The first-order valence-corrected chi connectivity index (χ1v) is 5.06. The third kappa shape index (κ3) is 4.12. The first-order valence-electron chi connectivity index (χ1n) is 5.06. The van der Waals surface area contributed by atoms with E-state index >= 15 is 0 Å². The molecule has 0 radical (unpaired) electrons. The number of nitrogens with one attached hydrogen (secondary N) is 2. The summed E-state index contributed by atoms with van der Waals surface area (Å²) in [5, 5.41) is 2.58. The van der Waals surface area contributed by atoms with Gasteiger partial charge in [0, 0.05) is 39.3 Å². The summed E-state index contributed by atoms with van der Waals surface area (Å²) < 4.78 is 0. The Bertz CT molecular complexity index is 348. The molecule has 0 fully saturated rings. The minimum absolute atomic E-state index is 0.0230. The molecule has 0 saturated heterocycles. The van der Waals surface area contributed by atoms with E-state index < -0.39 is 0 Å². The molecule has 0 saturated carbocycles. The van der Waals surface area contributed by atoms with Crippen molar-refractivity contribution in [2.24, 2.45) is 0 Å². The van der Waals surface area contributed by atoms with Crippen molar-refractivity contribution in [1.29, 1.82) is 0 Å². The Balaban J connectivity index is 2.28. The number of H-pyrrole nitrogens is 1. The maximum atomic E-state index is 11.6. The Hall–Kier alpha value is -1.85. The number of aromatic nitrogens is 2. The number of rotatable bonds is 5. The highest BCUT2D eigenvalue weighted by molar-refractivity contribution is 5.77. The zero-order valence-corrected chi connectivity index (χ0v) is 9.49. The lowest BCUT2D eigenvalue weighted by molar-refractivity contribution is -0.130. The molecule has 0 aromatic carbocycles. The SMILES string of the molecule is CC(=O)NCCC(=O)N(C)Cc1ncc[nH]1. The second-order valence-corrected chi connectivity index (χ2v) is 3.52. The van der Waals surface area contributed by atoms with Crippen LogP contribution in [0.15, 0.2) is 12.4 Å². The number of amides is 2. The summed E-state index contributed by atoms with van der Waals surface area (Å²) in [5.41, 5.74) is 0. The first-order chi connectivity index (χ1) is 7.59. The van der Waals surface area contributed by atoms with E-state index in [-0.39, 0.29) is 11.8 Å². The van der Waals surface area contributed by atoms with Gasteiger partial charge in [-0.25, -0.2) is 4.98 Å². The summed E-state index contributed by atoms with van der Waals surface area (Å²) in [4.78, 5) is 30.7. The molecule has 1 heterocycles. The van der Waals surface area contributed by atoms with Crippen molar-refractivity contribution in [2.45, 2.75) is 19.9 Å².